The Morgan fingerprint density at radius 2 is 2.05 bits per heavy atom. The average Bonchev–Trinajstić information content (AvgIpc) is 2.38. The van der Waals surface area contributed by atoms with Crippen molar-refractivity contribution in [2.45, 2.75) is 39.4 Å². The van der Waals surface area contributed by atoms with Gasteiger partial charge in [0.1, 0.15) is 0 Å². The van der Waals surface area contributed by atoms with Crippen LogP contribution in [0.1, 0.15) is 26.3 Å². The van der Waals surface area contributed by atoms with Crippen molar-refractivity contribution in [2.75, 3.05) is 6.61 Å². The highest BCUT2D eigenvalue weighted by atomic mass is 16.6. The molecule has 5 nitrogen and oxygen atoms in total. The zero-order valence-electron chi connectivity index (χ0n) is 12.1. The quantitative estimate of drug-likeness (QED) is 0.553. The topological polar surface area (TPSA) is 76.0 Å². The summed E-state index contributed by atoms with van der Waals surface area (Å²) in [4.78, 5) is 11.9. The summed E-state index contributed by atoms with van der Waals surface area (Å²) in [6, 6.07) is 6.76. The van der Waals surface area contributed by atoms with Gasteiger partial charge in [0.05, 0.1) is 12.7 Å². The largest absolute Gasteiger partial charge is 0.488 e. The van der Waals surface area contributed by atoms with Gasteiger partial charge in [0.15, 0.2) is 6.10 Å². The molecule has 1 unspecified atom stereocenters. The maximum Gasteiger partial charge on any atom is 0.488 e. The Hall–Kier alpha value is -1.37. The molecule has 0 aliphatic rings. The van der Waals surface area contributed by atoms with Crippen LogP contribution in [0.25, 0.3) is 0 Å². The van der Waals surface area contributed by atoms with Crippen LogP contribution in [0, 0.1) is 0 Å². The molecule has 1 aromatic carbocycles. The van der Waals surface area contributed by atoms with Gasteiger partial charge in [-0.25, -0.2) is 4.79 Å². The number of carbonyl (C=O) groups excluding carboxylic acids is 1. The van der Waals surface area contributed by atoms with E-state index in [2.05, 4.69) is 0 Å². The third-order valence-corrected chi connectivity index (χ3v) is 2.66. The maximum absolute atomic E-state index is 11.9. The molecule has 1 atom stereocenters. The van der Waals surface area contributed by atoms with Crippen molar-refractivity contribution in [3.63, 3.8) is 0 Å². The van der Waals surface area contributed by atoms with Crippen molar-refractivity contribution >= 4 is 18.6 Å². The van der Waals surface area contributed by atoms with E-state index in [0.29, 0.717) is 18.5 Å². The van der Waals surface area contributed by atoms with E-state index in [1.165, 1.54) is 0 Å². The molecule has 0 aliphatic heterocycles. The van der Waals surface area contributed by atoms with Gasteiger partial charge in [-0.2, -0.15) is 0 Å². The molecule has 1 aromatic rings. The van der Waals surface area contributed by atoms with Gasteiger partial charge in [0.25, 0.3) is 0 Å². The van der Waals surface area contributed by atoms with Crippen LogP contribution in [0.2, 0.25) is 0 Å². The Bertz CT molecular complexity index is 433. The summed E-state index contributed by atoms with van der Waals surface area (Å²) < 4.78 is 10.6. The van der Waals surface area contributed by atoms with Crippen molar-refractivity contribution in [3.8, 4) is 0 Å². The smallest absolute Gasteiger partial charge is 0.464 e. The Morgan fingerprint density at radius 1 is 1.35 bits per heavy atom. The van der Waals surface area contributed by atoms with Crippen molar-refractivity contribution < 1.29 is 24.3 Å². The van der Waals surface area contributed by atoms with Crippen LogP contribution in [0.5, 0.6) is 0 Å². The molecule has 0 saturated heterocycles. The minimum atomic E-state index is -1.53. The third-order valence-electron chi connectivity index (χ3n) is 2.66. The first-order valence-corrected chi connectivity index (χ1v) is 6.71. The third kappa shape index (κ3) is 5.32. The summed E-state index contributed by atoms with van der Waals surface area (Å²) in [5, 5.41) is 18.3. The van der Waals surface area contributed by atoms with Crippen LogP contribution in [-0.4, -0.2) is 42.0 Å². The van der Waals surface area contributed by atoms with Crippen LogP contribution in [0.3, 0.4) is 0 Å². The van der Waals surface area contributed by atoms with Crippen LogP contribution in [0.4, 0.5) is 0 Å². The van der Waals surface area contributed by atoms with Crippen molar-refractivity contribution in [2.24, 2.45) is 0 Å². The van der Waals surface area contributed by atoms with E-state index in [4.69, 9.17) is 19.5 Å². The lowest BCUT2D eigenvalue weighted by molar-refractivity contribution is -0.159. The first-order chi connectivity index (χ1) is 9.43. The average molecular weight is 280 g/mol. The molecule has 2 N–H and O–H groups in total. The summed E-state index contributed by atoms with van der Waals surface area (Å²) in [5.41, 5.74) is 1.17. The van der Waals surface area contributed by atoms with E-state index >= 15 is 0 Å². The number of carbonyl (C=O) groups is 1. The zero-order valence-corrected chi connectivity index (χ0v) is 12.1. The summed E-state index contributed by atoms with van der Waals surface area (Å²) in [7, 11) is -1.53. The lowest BCUT2D eigenvalue weighted by atomic mass is 9.79. The number of esters is 1. The first kappa shape index (κ1) is 16.7. The van der Waals surface area contributed by atoms with Crippen molar-refractivity contribution in [3.05, 3.63) is 29.8 Å². The summed E-state index contributed by atoms with van der Waals surface area (Å²) in [5.74, 6) is -0.406. The van der Waals surface area contributed by atoms with Gasteiger partial charge in [0, 0.05) is 6.42 Å². The van der Waals surface area contributed by atoms with E-state index in [1.54, 1.807) is 25.1 Å². The van der Waals surface area contributed by atoms with E-state index in [1.807, 2.05) is 19.9 Å². The molecular weight excluding hydrogens is 259 g/mol. The highest BCUT2D eigenvalue weighted by Gasteiger charge is 2.23. The highest BCUT2D eigenvalue weighted by Crippen LogP contribution is 2.09. The summed E-state index contributed by atoms with van der Waals surface area (Å²) >= 11 is 0. The number of hydrogen-bond donors (Lipinski definition) is 2. The summed E-state index contributed by atoms with van der Waals surface area (Å²) in [6.07, 6.45) is -0.463. The van der Waals surface area contributed by atoms with E-state index in [0.717, 1.165) is 5.56 Å². The molecule has 6 heteroatoms. The molecule has 0 amide bonds. The molecular formula is C14H21BO5. The van der Waals surface area contributed by atoms with Gasteiger partial charge in [-0.1, -0.05) is 24.3 Å². The maximum atomic E-state index is 11.9. The van der Waals surface area contributed by atoms with Gasteiger partial charge < -0.3 is 19.5 Å². The van der Waals surface area contributed by atoms with Gasteiger partial charge in [-0.05, 0) is 31.8 Å². The second kappa shape index (κ2) is 8.04. The highest BCUT2D eigenvalue weighted by molar-refractivity contribution is 6.58. The Labute approximate surface area is 119 Å². The number of benzene rings is 1. The Kier molecular flexibility index (Phi) is 6.71. The first-order valence-electron chi connectivity index (χ1n) is 6.71. The van der Waals surface area contributed by atoms with Gasteiger partial charge in [-0.15, -0.1) is 0 Å². The fourth-order valence-electron chi connectivity index (χ4n) is 1.85. The second-order valence-corrected chi connectivity index (χ2v) is 4.75. The Morgan fingerprint density at radius 3 is 2.60 bits per heavy atom. The number of hydrogen-bond acceptors (Lipinski definition) is 5. The predicted molar refractivity (Wildman–Crippen MR) is 76.6 cm³/mol. The number of rotatable bonds is 7. The fourth-order valence-corrected chi connectivity index (χ4v) is 1.85. The van der Waals surface area contributed by atoms with Crippen LogP contribution in [-0.2, 0) is 20.7 Å². The fraction of sp³-hybridized carbons (Fsp3) is 0.500. The molecule has 0 bridgehead atoms. The van der Waals surface area contributed by atoms with E-state index < -0.39 is 19.2 Å². The molecule has 0 fully saturated rings. The molecule has 0 radical (unpaired) electrons. The normalized spacial score (nSPS) is 12.3. The molecule has 0 spiro atoms. The second-order valence-electron chi connectivity index (χ2n) is 4.75. The van der Waals surface area contributed by atoms with Crippen LogP contribution < -0.4 is 5.46 Å². The van der Waals surface area contributed by atoms with E-state index in [9.17, 15) is 4.79 Å². The predicted octanol–water partition coefficient (Wildman–Crippen LogP) is 0.266. The number of ether oxygens (including phenoxy) is 2. The Balaban J connectivity index is 2.83. The monoisotopic (exact) mass is 280 g/mol. The minimum absolute atomic E-state index is 0.101. The molecule has 0 heterocycles. The molecule has 0 aromatic heterocycles. The van der Waals surface area contributed by atoms with Crippen LogP contribution in [0.15, 0.2) is 24.3 Å². The molecule has 0 saturated carbocycles. The molecule has 1 rings (SSSR count). The SMILES string of the molecule is CCOC(=O)C(Cc1cccc(B(O)O)c1)OC(C)C. The molecule has 110 valence electrons. The van der Waals surface area contributed by atoms with Crippen molar-refractivity contribution in [1.82, 2.24) is 0 Å². The zero-order chi connectivity index (χ0) is 15.1. The van der Waals surface area contributed by atoms with Crippen LogP contribution >= 0.6 is 0 Å². The summed E-state index contributed by atoms with van der Waals surface area (Å²) in [6.45, 7) is 5.74. The van der Waals surface area contributed by atoms with Gasteiger partial charge in [-0.3, -0.25) is 0 Å². The molecule has 0 aliphatic carbocycles. The lowest BCUT2D eigenvalue weighted by Gasteiger charge is -2.19. The van der Waals surface area contributed by atoms with Gasteiger partial charge in [0.2, 0.25) is 0 Å². The van der Waals surface area contributed by atoms with E-state index in [-0.39, 0.29) is 6.10 Å². The lowest BCUT2D eigenvalue weighted by Crippen LogP contribution is -2.33. The minimum Gasteiger partial charge on any atom is -0.464 e. The van der Waals surface area contributed by atoms with Gasteiger partial charge >= 0.3 is 13.1 Å². The molecule has 20 heavy (non-hydrogen) atoms. The standard InChI is InChI=1S/C14H21BO5/c1-4-19-14(16)13(20-10(2)3)9-11-6-5-7-12(8-11)15(17)18/h5-8,10,13,17-18H,4,9H2,1-3H3. The van der Waals surface area contributed by atoms with Crippen molar-refractivity contribution in [1.29, 1.82) is 0 Å².